The summed E-state index contributed by atoms with van der Waals surface area (Å²) in [7, 11) is 0. The lowest BCUT2D eigenvalue weighted by atomic mass is 10.2. The zero-order chi connectivity index (χ0) is 6.69. The average Bonchev–Trinajstić information content (AvgIpc) is 2.34. The van der Waals surface area contributed by atoms with Crippen LogP contribution in [0.4, 0.5) is 0 Å². The van der Waals surface area contributed by atoms with Crippen LogP contribution in [0.3, 0.4) is 0 Å². The van der Waals surface area contributed by atoms with E-state index >= 15 is 0 Å². The topological polar surface area (TPSA) is 13.1 Å². The Bertz CT molecular complexity index is 162. The molecule has 1 aromatic rings. The van der Waals surface area contributed by atoms with Gasteiger partial charge in [0.25, 0.3) is 0 Å². The predicted molar refractivity (Wildman–Crippen MR) is 40.8 cm³/mol. The van der Waals surface area contributed by atoms with Gasteiger partial charge in [0.05, 0.1) is 6.26 Å². The van der Waals surface area contributed by atoms with Gasteiger partial charge >= 0.3 is 0 Å². The molecule has 1 heterocycles. The van der Waals surface area contributed by atoms with E-state index in [4.69, 9.17) is 4.42 Å². The molecule has 2 heteroatoms. The minimum atomic E-state index is 0.694. The molecule has 0 aliphatic heterocycles. The van der Waals surface area contributed by atoms with E-state index < -0.39 is 0 Å². The lowest BCUT2D eigenvalue weighted by Gasteiger charge is -1.80. The van der Waals surface area contributed by atoms with Crippen molar-refractivity contribution in [3.8, 4) is 0 Å². The number of hydrogen-bond donors (Lipinski definition) is 1. The van der Waals surface area contributed by atoms with Crippen molar-refractivity contribution in [1.29, 1.82) is 0 Å². The largest absolute Gasteiger partial charge is 0.468 e. The van der Waals surface area contributed by atoms with Crippen molar-refractivity contribution in [2.45, 2.75) is 19.1 Å². The summed E-state index contributed by atoms with van der Waals surface area (Å²) in [6.45, 7) is 2.10. The molecule has 1 rings (SSSR count). The summed E-state index contributed by atoms with van der Waals surface area (Å²) < 4.78 is 5.13. The molecular weight excluding hydrogens is 132 g/mol. The first kappa shape index (κ1) is 6.75. The first-order chi connectivity index (χ1) is 4.36. The second-order valence-electron chi connectivity index (χ2n) is 1.93. The van der Waals surface area contributed by atoms with Crippen molar-refractivity contribution in [3.63, 3.8) is 0 Å². The van der Waals surface area contributed by atoms with E-state index in [0.717, 1.165) is 12.2 Å². The molecule has 0 bridgehead atoms. The highest BCUT2D eigenvalue weighted by atomic mass is 32.1. The normalized spacial score (nSPS) is 10.0. The van der Waals surface area contributed by atoms with Gasteiger partial charge in [-0.15, -0.1) is 0 Å². The van der Waals surface area contributed by atoms with E-state index in [1.165, 1.54) is 5.56 Å². The number of hydrogen-bond acceptors (Lipinski definition) is 2. The average molecular weight is 142 g/mol. The van der Waals surface area contributed by atoms with E-state index in [2.05, 4.69) is 19.6 Å². The van der Waals surface area contributed by atoms with Crippen molar-refractivity contribution in [1.82, 2.24) is 0 Å². The summed E-state index contributed by atoms with van der Waals surface area (Å²) in [5.41, 5.74) is 1.25. The van der Waals surface area contributed by atoms with Crippen molar-refractivity contribution in [3.05, 3.63) is 23.7 Å². The van der Waals surface area contributed by atoms with Gasteiger partial charge in [-0.25, -0.2) is 0 Å². The van der Waals surface area contributed by atoms with Gasteiger partial charge in [-0.1, -0.05) is 6.92 Å². The van der Waals surface area contributed by atoms with Crippen molar-refractivity contribution in [2.75, 3.05) is 0 Å². The van der Waals surface area contributed by atoms with Crippen LogP contribution in [0.2, 0.25) is 0 Å². The molecule has 50 valence electrons. The number of thiol groups is 1. The third-order valence-electron chi connectivity index (χ3n) is 1.27. The van der Waals surface area contributed by atoms with Crippen LogP contribution < -0.4 is 0 Å². The molecule has 0 unspecified atom stereocenters. The molecule has 0 atom stereocenters. The summed E-state index contributed by atoms with van der Waals surface area (Å²) in [5, 5.41) is 0. The third-order valence-corrected chi connectivity index (χ3v) is 1.58. The van der Waals surface area contributed by atoms with Gasteiger partial charge in [0.2, 0.25) is 0 Å². The summed E-state index contributed by atoms with van der Waals surface area (Å²) in [6.07, 6.45) is 2.82. The number of furan rings is 1. The summed E-state index contributed by atoms with van der Waals surface area (Å²) >= 11 is 4.07. The Labute approximate surface area is 60.5 Å². The van der Waals surface area contributed by atoms with Crippen LogP contribution in [0.25, 0.3) is 0 Å². The Morgan fingerprint density at radius 2 is 2.44 bits per heavy atom. The highest BCUT2D eigenvalue weighted by molar-refractivity contribution is 7.79. The first-order valence-electron chi connectivity index (χ1n) is 3.04. The van der Waals surface area contributed by atoms with Crippen LogP contribution in [0.15, 0.2) is 16.7 Å². The van der Waals surface area contributed by atoms with Gasteiger partial charge in [0.1, 0.15) is 5.76 Å². The van der Waals surface area contributed by atoms with Crippen molar-refractivity contribution >= 4 is 12.6 Å². The molecule has 0 spiro atoms. The lowest BCUT2D eigenvalue weighted by Crippen LogP contribution is -1.70. The van der Waals surface area contributed by atoms with Crippen LogP contribution in [-0.2, 0) is 12.2 Å². The van der Waals surface area contributed by atoms with Crippen LogP contribution in [0.1, 0.15) is 18.2 Å². The molecular formula is C7H10OS. The van der Waals surface area contributed by atoms with E-state index in [0.29, 0.717) is 5.75 Å². The summed E-state index contributed by atoms with van der Waals surface area (Å²) in [4.78, 5) is 0. The second-order valence-corrected chi connectivity index (χ2v) is 2.25. The van der Waals surface area contributed by atoms with E-state index in [-0.39, 0.29) is 0 Å². The van der Waals surface area contributed by atoms with Gasteiger partial charge in [0, 0.05) is 5.75 Å². The van der Waals surface area contributed by atoms with Gasteiger partial charge in [-0.05, 0) is 18.1 Å². The fourth-order valence-corrected chi connectivity index (χ4v) is 0.860. The molecule has 0 aromatic carbocycles. The van der Waals surface area contributed by atoms with Crippen LogP contribution in [-0.4, -0.2) is 0 Å². The molecule has 0 saturated heterocycles. The monoisotopic (exact) mass is 142 g/mol. The van der Waals surface area contributed by atoms with Gasteiger partial charge in [-0.3, -0.25) is 0 Å². The maximum absolute atomic E-state index is 5.13. The molecule has 1 aromatic heterocycles. The summed E-state index contributed by atoms with van der Waals surface area (Å²) in [5.74, 6) is 1.65. The first-order valence-corrected chi connectivity index (χ1v) is 3.67. The fraction of sp³-hybridized carbons (Fsp3) is 0.429. The predicted octanol–water partition coefficient (Wildman–Crippen LogP) is 2.27. The number of rotatable bonds is 2. The van der Waals surface area contributed by atoms with E-state index in [1.54, 1.807) is 6.26 Å². The van der Waals surface area contributed by atoms with Crippen molar-refractivity contribution in [2.24, 2.45) is 0 Å². The molecule has 0 fully saturated rings. The quantitative estimate of drug-likeness (QED) is 0.625. The van der Waals surface area contributed by atoms with Crippen LogP contribution >= 0.6 is 12.6 Å². The maximum Gasteiger partial charge on any atom is 0.113 e. The molecule has 0 aliphatic rings. The number of aryl methyl sites for hydroxylation is 1. The highest BCUT2D eigenvalue weighted by Crippen LogP contribution is 2.09. The van der Waals surface area contributed by atoms with Crippen molar-refractivity contribution < 1.29 is 4.42 Å². The Morgan fingerprint density at radius 1 is 1.67 bits per heavy atom. The molecule has 0 N–H and O–H groups in total. The van der Waals surface area contributed by atoms with Gasteiger partial charge in [0.15, 0.2) is 0 Å². The Balaban J connectivity index is 2.74. The van der Waals surface area contributed by atoms with E-state index in [9.17, 15) is 0 Å². The van der Waals surface area contributed by atoms with Crippen LogP contribution in [0.5, 0.6) is 0 Å². The zero-order valence-electron chi connectivity index (χ0n) is 5.42. The third kappa shape index (κ3) is 1.52. The molecule has 0 aliphatic carbocycles. The highest BCUT2D eigenvalue weighted by Gasteiger charge is 1.95. The Morgan fingerprint density at radius 3 is 2.78 bits per heavy atom. The SMILES string of the molecule is CCc1coc(CS)c1. The fourth-order valence-electron chi connectivity index (χ4n) is 0.695. The lowest BCUT2D eigenvalue weighted by molar-refractivity contribution is 0.528. The van der Waals surface area contributed by atoms with E-state index in [1.807, 2.05) is 6.07 Å². The molecule has 0 radical (unpaired) electrons. The second kappa shape index (κ2) is 2.97. The molecule has 0 amide bonds. The summed E-state index contributed by atoms with van der Waals surface area (Å²) in [6, 6.07) is 2.03. The zero-order valence-corrected chi connectivity index (χ0v) is 6.32. The molecule has 1 nitrogen and oxygen atoms in total. The maximum atomic E-state index is 5.13. The Hall–Kier alpha value is -0.370. The Kier molecular flexibility index (Phi) is 2.22. The standard InChI is InChI=1S/C7H10OS/c1-2-6-3-7(5-9)8-4-6/h3-4,9H,2,5H2,1H3. The smallest absolute Gasteiger partial charge is 0.113 e. The minimum absolute atomic E-state index is 0.694. The van der Waals surface area contributed by atoms with Gasteiger partial charge in [-0.2, -0.15) is 12.6 Å². The molecule has 9 heavy (non-hydrogen) atoms. The molecule has 0 saturated carbocycles. The minimum Gasteiger partial charge on any atom is -0.468 e. The van der Waals surface area contributed by atoms with Gasteiger partial charge < -0.3 is 4.42 Å². The van der Waals surface area contributed by atoms with Crippen LogP contribution in [0, 0.1) is 0 Å².